The molecule has 208 valence electrons. The van der Waals surface area contributed by atoms with Gasteiger partial charge in [0.15, 0.2) is 11.7 Å². The predicted octanol–water partition coefficient (Wildman–Crippen LogP) is 5.54. The Morgan fingerprint density at radius 1 is 1.15 bits per heavy atom. The van der Waals surface area contributed by atoms with Gasteiger partial charge in [0.1, 0.15) is 28.8 Å². The van der Waals surface area contributed by atoms with Gasteiger partial charge in [0.2, 0.25) is 0 Å². The number of carbonyl (C=O) groups excluding carboxylic acids is 1. The summed E-state index contributed by atoms with van der Waals surface area (Å²) < 4.78 is 45.9. The van der Waals surface area contributed by atoms with Crippen LogP contribution >= 0.6 is 12.4 Å². The summed E-state index contributed by atoms with van der Waals surface area (Å²) in [6.45, 7) is -0.0531. The van der Waals surface area contributed by atoms with Gasteiger partial charge in [-0.05, 0) is 48.5 Å². The van der Waals surface area contributed by atoms with Crippen LogP contribution in [0, 0.1) is 11.3 Å². The second kappa shape index (κ2) is 11.5. The van der Waals surface area contributed by atoms with Crippen LogP contribution in [0.2, 0.25) is 0 Å². The standard InChI is InChI=1S/C29H26F2N4O4.ClH/c1-35(2)28(36)18-4-6-21(24(13-18)37-3)25-14-22-27(39-25)20(8-11-34-22)17-5-7-23(19(12-17)15-32)38-26-9-10-33-16-29(26,30)31;/h4-8,11-14,26,33H,9-10,16H2,1-3H3;1H. The summed E-state index contributed by atoms with van der Waals surface area (Å²) in [4.78, 5) is 18.3. The number of hydrogen-bond acceptors (Lipinski definition) is 7. The third-order valence-electron chi connectivity index (χ3n) is 6.63. The molecule has 4 aromatic rings. The van der Waals surface area contributed by atoms with E-state index >= 15 is 0 Å². The summed E-state index contributed by atoms with van der Waals surface area (Å²) in [5, 5.41) is 12.4. The summed E-state index contributed by atoms with van der Waals surface area (Å²) >= 11 is 0. The van der Waals surface area contributed by atoms with E-state index in [1.165, 1.54) is 18.1 Å². The molecular formula is C29H27ClF2N4O4. The number of benzene rings is 2. The first-order chi connectivity index (χ1) is 18.7. The normalized spacial score (nSPS) is 16.1. The maximum absolute atomic E-state index is 14.3. The second-order valence-electron chi connectivity index (χ2n) is 9.45. The summed E-state index contributed by atoms with van der Waals surface area (Å²) in [7, 11) is 4.87. The van der Waals surface area contributed by atoms with Crippen molar-refractivity contribution >= 4 is 29.4 Å². The SMILES string of the molecule is COc1cc(C(=O)N(C)C)ccc1-c1cc2nccc(-c3ccc(OC4CCNCC4(F)F)c(C#N)c3)c2o1.Cl. The summed E-state index contributed by atoms with van der Waals surface area (Å²) in [6.07, 6.45) is 0.443. The van der Waals surface area contributed by atoms with Crippen LogP contribution in [0.5, 0.6) is 11.5 Å². The van der Waals surface area contributed by atoms with Crippen molar-refractivity contribution in [2.24, 2.45) is 0 Å². The second-order valence-corrected chi connectivity index (χ2v) is 9.45. The summed E-state index contributed by atoms with van der Waals surface area (Å²) in [6, 6.07) is 15.5. The van der Waals surface area contributed by atoms with Crippen molar-refractivity contribution in [3.8, 4) is 40.0 Å². The molecule has 1 saturated heterocycles. The number of piperidine rings is 1. The van der Waals surface area contributed by atoms with Crippen molar-refractivity contribution in [3.63, 3.8) is 0 Å². The molecule has 1 N–H and O–H groups in total. The maximum atomic E-state index is 14.3. The van der Waals surface area contributed by atoms with Crippen LogP contribution in [0.25, 0.3) is 33.6 Å². The Balaban J connectivity index is 0.00000370. The lowest BCUT2D eigenvalue weighted by Crippen LogP contribution is -2.52. The molecule has 0 bridgehead atoms. The molecule has 8 nitrogen and oxygen atoms in total. The maximum Gasteiger partial charge on any atom is 0.296 e. The van der Waals surface area contributed by atoms with E-state index in [1.807, 2.05) is 0 Å². The molecular weight excluding hydrogens is 542 g/mol. The average Bonchev–Trinajstić information content (AvgIpc) is 3.38. The van der Waals surface area contributed by atoms with Gasteiger partial charge in [-0.1, -0.05) is 6.07 Å². The Bertz CT molecular complexity index is 1600. The Labute approximate surface area is 235 Å². The molecule has 2 aromatic heterocycles. The number of methoxy groups -OCH3 is 1. The van der Waals surface area contributed by atoms with Crippen molar-refractivity contribution in [2.75, 3.05) is 34.3 Å². The van der Waals surface area contributed by atoms with Crippen LogP contribution in [-0.2, 0) is 0 Å². The van der Waals surface area contributed by atoms with Crippen molar-refractivity contribution < 1.29 is 27.5 Å². The van der Waals surface area contributed by atoms with Gasteiger partial charge < -0.3 is 24.1 Å². The number of amides is 1. The van der Waals surface area contributed by atoms with Gasteiger partial charge in [0.25, 0.3) is 11.8 Å². The zero-order valence-electron chi connectivity index (χ0n) is 22.0. The van der Waals surface area contributed by atoms with E-state index in [-0.39, 0.29) is 36.0 Å². The van der Waals surface area contributed by atoms with E-state index in [1.54, 1.807) is 62.8 Å². The molecule has 0 aliphatic carbocycles. The van der Waals surface area contributed by atoms with E-state index in [4.69, 9.17) is 13.9 Å². The van der Waals surface area contributed by atoms with Gasteiger partial charge in [-0.15, -0.1) is 12.4 Å². The molecule has 0 radical (unpaired) electrons. The van der Waals surface area contributed by atoms with Crippen molar-refractivity contribution in [2.45, 2.75) is 18.4 Å². The first kappa shape index (κ1) is 28.8. The number of aromatic nitrogens is 1. The number of nitrogens with zero attached hydrogens (tertiary/aromatic N) is 3. The van der Waals surface area contributed by atoms with Gasteiger partial charge in [-0.25, -0.2) is 8.78 Å². The lowest BCUT2D eigenvalue weighted by atomic mass is 10.0. The Hall–Kier alpha value is -4.20. The van der Waals surface area contributed by atoms with E-state index in [9.17, 15) is 18.8 Å². The number of halogens is 3. The minimum absolute atomic E-state index is 0. The van der Waals surface area contributed by atoms with E-state index in [2.05, 4.69) is 16.4 Å². The average molecular weight is 569 g/mol. The van der Waals surface area contributed by atoms with Gasteiger partial charge >= 0.3 is 0 Å². The zero-order chi connectivity index (χ0) is 27.7. The molecule has 3 heterocycles. The number of carbonyl (C=O) groups is 1. The number of alkyl halides is 2. The largest absolute Gasteiger partial charge is 0.496 e. The first-order valence-electron chi connectivity index (χ1n) is 12.3. The number of hydrogen-bond donors (Lipinski definition) is 1. The predicted molar refractivity (Wildman–Crippen MR) is 148 cm³/mol. The smallest absolute Gasteiger partial charge is 0.296 e. The lowest BCUT2D eigenvalue weighted by Gasteiger charge is -2.32. The third kappa shape index (κ3) is 5.43. The third-order valence-corrected chi connectivity index (χ3v) is 6.63. The molecule has 5 rings (SSSR count). The number of ether oxygens (including phenoxy) is 2. The first-order valence-corrected chi connectivity index (χ1v) is 12.3. The monoisotopic (exact) mass is 568 g/mol. The van der Waals surface area contributed by atoms with Crippen molar-refractivity contribution in [1.82, 2.24) is 15.2 Å². The van der Waals surface area contributed by atoms with Gasteiger partial charge in [0, 0.05) is 43.9 Å². The van der Waals surface area contributed by atoms with Crippen LogP contribution < -0.4 is 14.8 Å². The molecule has 1 aliphatic heterocycles. The molecule has 1 unspecified atom stereocenters. The fourth-order valence-electron chi connectivity index (χ4n) is 4.58. The van der Waals surface area contributed by atoms with Crippen LogP contribution in [0.3, 0.4) is 0 Å². The molecule has 11 heteroatoms. The molecule has 1 fully saturated rings. The minimum Gasteiger partial charge on any atom is -0.496 e. The minimum atomic E-state index is -3.04. The highest BCUT2D eigenvalue weighted by Gasteiger charge is 2.43. The van der Waals surface area contributed by atoms with Crippen LogP contribution in [0.4, 0.5) is 8.78 Å². The lowest BCUT2D eigenvalue weighted by molar-refractivity contribution is -0.109. The molecule has 0 saturated carbocycles. The molecule has 2 aromatic carbocycles. The van der Waals surface area contributed by atoms with E-state index in [0.717, 1.165) is 0 Å². The van der Waals surface area contributed by atoms with Crippen LogP contribution in [0.15, 0.2) is 59.1 Å². The number of rotatable bonds is 6. The van der Waals surface area contributed by atoms with Gasteiger partial charge in [-0.2, -0.15) is 5.26 Å². The Morgan fingerprint density at radius 2 is 1.95 bits per heavy atom. The number of furan rings is 1. The summed E-state index contributed by atoms with van der Waals surface area (Å²) in [5.41, 5.74) is 3.62. The van der Waals surface area contributed by atoms with Crippen LogP contribution in [0.1, 0.15) is 22.3 Å². The molecule has 1 atom stereocenters. The topological polar surface area (TPSA) is 101 Å². The number of fused-ring (bicyclic) bond motifs is 1. The van der Waals surface area contributed by atoms with E-state index < -0.39 is 18.6 Å². The Kier molecular flexibility index (Phi) is 8.28. The number of nitriles is 1. The highest BCUT2D eigenvalue weighted by atomic mass is 35.5. The Morgan fingerprint density at radius 3 is 2.65 bits per heavy atom. The van der Waals surface area contributed by atoms with Crippen molar-refractivity contribution in [3.05, 3.63) is 65.9 Å². The van der Waals surface area contributed by atoms with Gasteiger partial charge in [0.05, 0.1) is 24.8 Å². The van der Waals surface area contributed by atoms with Crippen molar-refractivity contribution in [1.29, 1.82) is 5.26 Å². The highest BCUT2D eigenvalue weighted by Crippen LogP contribution is 2.39. The van der Waals surface area contributed by atoms with E-state index in [0.29, 0.717) is 51.4 Å². The molecule has 0 spiro atoms. The summed E-state index contributed by atoms with van der Waals surface area (Å²) in [5.74, 6) is -2.14. The highest BCUT2D eigenvalue weighted by molar-refractivity contribution is 5.96. The fourth-order valence-corrected chi connectivity index (χ4v) is 4.58. The molecule has 1 aliphatic rings. The molecule has 40 heavy (non-hydrogen) atoms. The quantitative estimate of drug-likeness (QED) is 0.326. The number of nitrogens with one attached hydrogen (secondary N) is 1. The van der Waals surface area contributed by atoms with Gasteiger partial charge in [-0.3, -0.25) is 9.78 Å². The molecule has 1 amide bonds. The zero-order valence-corrected chi connectivity index (χ0v) is 22.9. The number of pyridine rings is 1. The van der Waals surface area contributed by atoms with Crippen LogP contribution in [-0.4, -0.2) is 62.1 Å². The fraction of sp³-hybridized carbons (Fsp3) is 0.276.